The van der Waals surface area contributed by atoms with Crippen LogP contribution in [0.3, 0.4) is 0 Å². The number of aryl methyl sites for hydroxylation is 1. The minimum atomic E-state index is -0.341. The Morgan fingerprint density at radius 3 is 2.50 bits per heavy atom. The van der Waals surface area contributed by atoms with Crippen molar-refractivity contribution in [2.24, 2.45) is 0 Å². The van der Waals surface area contributed by atoms with E-state index in [4.69, 9.17) is 0 Å². The Bertz CT molecular complexity index is 932. The van der Waals surface area contributed by atoms with E-state index < -0.39 is 0 Å². The largest absolute Gasteiger partial charge is 0.354 e. The van der Waals surface area contributed by atoms with Gasteiger partial charge in [0, 0.05) is 13.1 Å². The van der Waals surface area contributed by atoms with E-state index in [1.165, 1.54) is 24.6 Å². The van der Waals surface area contributed by atoms with E-state index in [-0.39, 0.29) is 23.6 Å². The van der Waals surface area contributed by atoms with Gasteiger partial charge in [-0.1, -0.05) is 30.3 Å². The van der Waals surface area contributed by atoms with E-state index >= 15 is 0 Å². The average molecular weight is 369 g/mol. The molecule has 0 fully saturated rings. The van der Waals surface area contributed by atoms with Crippen LogP contribution in [0.5, 0.6) is 0 Å². The van der Waals surface area contributed by atoms with E-state index in [0.29, 0.717) is 10.7 Å². The zero-order chi connectivity index (χ0) is 18.7. The van der Waals surface area contributed by atoms with Gasteiger partial charge in [-0.15, -0.1) is 0 Å². The summed E-state index contributed by atoms with van der Waals surface area (Å²) >= 11 is 1.21. The summed E-state index contributed by atoms with van der Waals surface area (Å²) in [6, 6.07) is 12.8. The number of hydrogen-bond donors (Lipinski definition) is 2. The Hall–Kier alpha value is -3.00. The number of nitrogens with zero attached hydrogens (tertiary/aromatic N) is 3. The van der Waals surface area contributed by atoms with Crippen LogP contribution in [0.1, 0.15) is 45.2 Å². The number of aromatic nitrogens is 3. The van der Waals surface area contributed by atoms with Gasteiger partial charge in [0.1, 0.15) is 10.7 Å². The van der Waals surface area contributed by atoms with Gasteiger partial charge in [0.15, 0.2) is 5.69 Å². The fourth-order valence-electron chi connectivity index (χ4n) is 2.57. The molecule has 0 spiro atoms. The Labute approximate surface area is 155 Å². The molecule has 2 heterocycles. The lowest BCUT2D eigenvalue weighted by Gasteiger charge is -2.15. The molecule has 0 saturated heterocycles. The van der Waals surface area contributed by atoms with Gasteiger partial charge in [-0.25, -0.2) is 0 Å². The van der Waals surface area contributed by atoms with Crippen LogP contribution in [0.4, 0.5) is 5.00 Å². The molecular formula is C18H19N5O2S. The predicted molar refractivity (Wildman–Crippen MR) is 101 cm³/mol. The lowest BCUT2D eigenvalue weighted by atomic mass is 10.1. The second kappa shape index (κ2) is 7.49. The molecule has 2 N–H and O–H groups in total. The van der Waals surface area contributed by atoms with Gasteiger partial charge in [0.05, 0.1) is 11.7 Å². The number of carbonyl (C=O) groups is 2. The summed E-state index contributed by atoms with van der Waals surface area (Å²) in [5.74, 6) is -0.675. The van der Waals surface area contributed by atoms with Crippen molar-refractivity contribution in [1.82, 2.24) is 19.5 Å². The first-order valence-corrected chi connectivity index (χ1v) is 8.88. The zero-order valence-electron chi connectivity index (χ0n) is 14.7. The highest BCUT2D eigenvalue weighted by Gasteiger charge is 2.23. The zero-order valence-corrected chi connectivity index (χ0v) is 15.5. The number of amides is 2. The summed E-state index contributed by atoms with van der Waals surface area (Å²) in [7, 11) is 1.53. The summed E-state index contributed by atoms with van der Waals surface area (Å²) in [6.07, 6.45) is 0. The Morgan fingerprint density at radius 1 is 1.15 bits per heavy atom. The topological polar surface area (TPSA) is 88.9 Å². The highest BCUT2D eigenvalue weighted by atomic mass is 32.1. The van der Waals surface area contributed by atoms with Crippen molar-refractivity contribution < 1.29 is 9.59 Å². The highest BCUT2D eigenvalue weighted by Crippen LogP contribution is 2.22. The van der Waals surface area contributed by atoms with Gasteiger partial charge >= 0.3 is 0 Å². The van der Waals surface area contributed by atoms with Gasteiger partial charge in [-0.05, 0) is 37.0 Å². The van der Waals surface area contributed by atoms with Crippen LogP contribution in [0.15, 0.2) is 42.5 Å². The van der Waals surface area contributed by atoms with Crippen LogP contribution >= 0.6 is 11.5 Å². The summed E-state index contributed by atoms with van der Waals surface area (Å²) in [5, 5.41) is 10.4. The first kappa shape index (κ1) is 17.8. The van der Waals surface area contributed by atoms with Crippen LogP contribution in [0.2, 0.25) is 0 Å². The third kappa shape index (κ3) is 3.65. The second-order valence-electron chi connectivity index (χ2n) is 5.81. The van der Waals surface area contributed by atoms with Crippen LogP contribution in [0, 0.1) is 6.92 Å². The highest BCUT2D eigenvalue weighted by molar-refractivity contribution is 7.10. The summed E-state index contributed by atoms with van der Waals surface area (Å²) in [6.45, 7) is 3.79. The minimum Gasteiger partial charge on any atom is -0.354 e. The maximum Gasteiger partial charge on any atom is 0.274 e. The van der Waals surface area contributed by atoms with Crippen LogP contribution in [-0.4, -0.2) is 33.0 Å². The SMILES string of the molecule is CNC(=O)c1cc(C(=O)Nc2cc(C)ns2)n([C@@H](C)c2ccccc2)n1. The lowest BCUT2D eigenvalue weighted by Crippen LogP contribution is -2.21. The monoisotopic (exact) mass is 369 g/mol. The summed E-state index contributed by atoms with van der Waals surface area (Å²) < 4.78 is 5.73. The maximum atomic E-state index is 12.8. The third-order valence-corrected chi connectivity index (χ3v) is 4.74. The molecule has 0 unspecified atom stereocenters. The number of rotatable bonds is 5. The first-order valence-electron chi connectivity index (χ1n) is 8.11. The van der Waals surface area contributed by atoms with Gasteiger partial charge in [0.25, 0.3) is 11.8 Å². The van der Waals surface area contributed by atoms with Crippen LogP contribution < -0.4 is 10.6 Å². The molecule has 0 saturated carbocycles. The molecule has 0 aliphatic rings. The number of benzene rings is 1. The normalized spacial score (nSPS) is 11.8. The Kier molecular flexibility index (Phi) is 5.13. The van der Waals surface area contributed by atoms with Crippen molar-refractivity contribution in [2.75, 3.05) is 12.4 Å². The van der Waals surface area contributed by atoms with Crippen molar-refractivity contribution in [2.45, 2.75) is 19.9 Å². The first-order chi connectivity index (χ1) is 12.5. The average Bonchev–Trinajstić information content (AvgIpc) is 3.27. The molecule has 3 rings (SSSR count). The van der Waals surface area contributed by atoms with Crippen molar-refractivity contribution in [3.8, 4) is 0 Å². The van der Waals surface area contributed by atoms with Crippen molar-refractivity contribution in [3.05, 3.63) is 65.1 Å². The number of hydrogen-bond acceptors (Lipinski definition) is 5. The molecule has 2 aromatic heterocycles. The van der Waals surface area contributed by atoms with Crippen LogP contribution in [-0.2, 0) is 0 Å². The summed E-state index contributed by atoms with van der Waals surface area (Å²) in [5.41, 5.74) is 2.33. The fourth-order valence-corrected chi connectivity index (χ4v) is 3.23. The van der Waals surface area contributed by atoms with Crippen molar-refractivity contribution >= 4 is 28.3 Å². The van der Waals surface area contributed by atoms with E-state index in [1.807, 2.05) is 44.2 Å². The van der Waals surface area contributed by atoms with E-state index in [1.54, 1.807) is 10.7 Å². The molecule has 3 aromatic rings. The molecule has 1 aromatic carbocycles. The molecule has 134 valence electrons. The smallest absolute Gasteiger partial charge is 0.274 e. The van der Waals surface area contributed by atoms with E-state index in [0.717, 1.165) is 11.3 Å². The number of nitrogens with one attached hydrogen (secondary N) is 2. The van der Waals surface area contributed by atoms with Gasteiger partial charge in [0.2, 0.25) is 0 Å². The molecule has 0 aliphatic heterocycles. The van der Waals surface area contributed by atoms with E-state index in [9.17, 15) is 9.59 Å². The molecule has 1 atom stereocenters. The van der Waals surface area contributed by atoms with Crippen LogP contribution in [0.25, 0.3) is 0 Å². The van der Waals surface area contributed by atoms with Crippen molar-refractivity contribution in [1.29, 1.82) is 0 Å². The third-order valence-electron chi connectivity index (χ3n) is 3.94. The molecule has 0 radical (unpaired) electrons. The molecule has 0 bridgehead atoms. The molecule has 8 heteroatoms. The van der Waals surface area contributed by atoms with Gasteiger partial charge in [-0.2, -0.15) is 9.47 Å². The molecule has 7 nitrogen and oxygen atoms in total. The lowest BCUT2D eigenvalue weighted by molar-refractivity contribution is 0.0956. The van der Waals surface area contributed by atoms with Crippen molar-refractivity contribution in [3.63, 3.8) is 0 Å². The Morgan fingerprint density at radius 2 is 1.88 bits per heavy atom. The fraction of sp³-hybridized carbons (Fsp3) is 0.222. The van der Waals surface area contributed by atoms with Gasteiger partial charge < -0.3 is 10.6 Å². The predicted octanol–water partition coefficient (Wildman–Crippen LogP) is 2.87. The second-order valence-corrected chi connectivity index (χ2v) is 6.62. The van der Waals surface area contributed by atoms with E-state index in [2.05, 4.69) is 20.1 Å². The molecule has 0 aliphatic carbocycles. The maximum absolute atomic E-state index is 12.8. The standard InChI is InChI=1S/C18H19N5O2S/c1-11-9-16(26-22-11)20-18(25)15-10-14(17(24)19-3)21-23(15)12(2)13-7-5-4-6-8-13/h4-10,12H,1-3H3,(H,19,24)(H,20,25)/t12-/m0/s1. The van der Waals surface area contributed by atoms with Gasteiger partial charge in [-0.3, -0.25) is 14.3 Å². The minimum absolute atomic E-state index is 0.195. The molecule has 26 heavy (non-hydrogen) atoms. The number of anilines is 1. The quantitative estimate of drug-likeness (QED) is 0.724. The summed E-state index contributed by atoms with van der Waals surface area (Å²) in [4.78, 5) is 24.8. The Balaban J connectivity index is 1.98. The molecule has 2 amide bonds. The molecular weight excluding hydrogens is 350 g/mol. The number of carbonyl (C=O) groups excluding carboxylic acids is 2.